The molecule has 0 aliphatic carbocycles. The van der Waals surface area contributed by atoms with Gasteiger partial charge in [0.15, 0.2) is 11.5 Å². The number of ether oxygens (including phenoxy) is 3. The second-order valence-corrected chi connectivity index (χ2v) is 5.63. The lowest BCUT2D eigenvalue weighted by Gasteiger charge is -2.12. The van der Waals surface area contributed by atoms with Crippen LogP contribution in [-0.2, 0) is 16.1 Å². The van der Waals surface area contributed by atoms with E-state index < -0.39 is 5.97 Å². The summed E-state index contributed by atoms with van der Waals surface area (Å²) in [5.74, 6) is 0.687. The summed E-state index contributed by atoms with van der Waals surface area (Å²) in [7, 11) is 2.88. The van der Waals surface area contributed by atoms with Crippen molar-refractivity contribution in [2.75, 3.05) is 14.2 Å². The van der Waals surface area contributed by atoms with E-state index in [1.165, 1.54) is 13.2 Å². The first-order chi connectivity index (χ1) is 11.5. The van der Waals surface area contributed by atoms with Crippen molar-refractivity contribution in [2.24, 2.45) is 0 Å². The van der Waals surface area contributed by atoms with Gasteiger partial charge in [0.05, 0.1) is 14.2 Å². The Bertz CT molecular complexity index is 757. The molecule has 0 aromatic heterocycles. The average molecular weight is 367 g/mol. The van der Waals surface area contributed by atoms with Gasteiger partial charge >= 0.3 is 5.97 Å². The Morgan fingerprint density at radius 2 is 1.88 bits per heavy atom. The highest BCUT2D eigenvalue weighted by Crippen LogP contribution is 2.30. The highest BCUT2D eigenvalue weighted by Gasteiger charge is 2.08. The second-order valence-electron chi connectivity index (χ2n) is 4.79. The van der Waals surface area contributed by atoms with Crippen LogP contribution >= 0.6 is 23.2 Å². The summed E-state index contributed by atoms with van der Waals surface area (Å²) in [4.78, 5) is 11.2. The first-order valence-corrected chi connectivity index (χ1v) is 7.80. The zero-order chi connectivity index (χ0) is 17.5. The molecule has 0 unspecified atom stereocenters. The van der Waals surface area contributed by atoms with Gasteiger partial charge in [0.25, 0.3) is 0 Å². The first kappa shape index (κ1) is 18.2. The van der Waals surface area contributed by atoms with Gasteiger partial charge in [-0.05, 0) is 35.9 Å². The van der Waals surface area contributed by atoms with Crippen molar-refractivity contribution in [3.8, 4) is 11.5 Å². The van der Waals surface area contributed by atoms with E-state index in [9.17, 15) is 4.79 Å². The Balaban J connectivity index is 2.18. The lowest BCUT2D eigenvalue weighted by atomic mass is 10.2. The van der Waals surface area contributed by atoms with E-state index >= 15 is 0 Å². The van der Waals surface area contributed by atoms with Crippen LogP contribution in [0.25, 0.3) is 6.08 Å². The van der Waals surface area contributed by atoms with Gasteiger partial charge < -0.3 is 14.2 Å². The number of hydrogen-bond donors (Lipinski definition) is 0. The van der Waals surface area contributed by atoms with Crippen molar-refractivity contribution in [3.05, 3.63) is 63.6 Å². The summed E-state index contributed by atoms with van der Waals surface area (Å²) >= 11 is 12.0. The van der Waals surface area contributed by atoms with Crippen LogP contribution in [0.4, 0.5) is 0 Å². The summed E-state index contributed by atoms with van der Waals surface area (Å²) in [6.07, 6.45) is 2.97. The SMILES string of the molecule is COC(=O)/C=C/c1ccc(OC)c(OCc2ccc(Cl)cc2Cl)c1. The van der Waals surface area contributed by atoms with Gasteiger partial charge in [-0.15, -0.1) is 0 Å². The molecule has 126 valence electrons. The molecule has 2 aromatic rings. The minimum Gasteiger partial charge on any atom is -0.493 e. The molecule has 0 saturated heterocycles. The highest BCUT2D eigenvalue weighted by molar-refractivity contribution is 6.35. The van der Waals surface area contributed by atoms with Crippen LogP contribution in [-0.4, -0.2) is 20.2 Å². The van der Waals surface area contributed by atoms with Crippen LogP contribution in [0.15, 0.2) is 42.5 Å². The summed E-state index contributed by atoms with van der Waals surface area (Å²) in [6, 6.07) is 10.5. The van der Waals surface area contributed by atoms with Gasteiger partial charge in [-0.2, -0.15) is 0 Å². The van der Waals surface area contributed by atoms with Gasteiger partial charge in [-0.1, -0.05) is 35.3 Å². The number of carbonyl (C=O) groups excluding carboxylic acids is 1. The van der Waals surface area contributed by atoms with Crippen LogP contribution in [0.2, 0.25) is 10.0 Å². The van der Waals surface area contributed by atoms with Crippen LogP contribution < -0.4 is 9.47 Å². The summed E-state index contributed by atoms with van der Waals surface area (Å²) < 4.78 is 15.7. The third kappa shape index (κ3) is 4.91. The first-order valence-electron chi connectivity index (χ1n) is 7.04. The predicted molar refractivity (Wildman–Crippen MR) is 94.8 cm³/mol. The highest BCUT2D eigenvalue weighted by atomic mass is 35.5. The third-order valence-electron chi connectivity index (χ3n) is 3.20. The number of hydrogen-bond acceptors (Lipinski definition) is 4. The molecule has 0 spiro atoms. The maximum absolute atomic E-state index is 11.2. The van der Waals surface area contributed by atoms with Crippen LogP contribution in [0.1, 0.15) is 11.1 Å². The fourth-order valence-corrected chi connectivity index (χ4v) is 2.40. The standard InChI is InChI=1S/C18H16Cl2O4/c1-22-16-7-3-12(4-8-18(21)23-2)9-17(16)24-11-13-5-6-14(19)10-15(13)20/h3-10H,11H2,1-2H3/b8-4+. The van der Waals surface area contributed by atoms with Crippen molar-refractivity contribution in [3.63, 3.8) is 0 Å². The lowest BCUT2D eigenvalue weighted by molar-refractivity contribution is -0.134. The van der Waals surface area contributed by atoms with E-state index in [0.29, 0.717) is 21.5 Å². The van der Waals surface area contributed by atoms with Crippen molar-refractivity contribution in [2.45, 2.75) is 6.61 Å². The molecule has 0 heterocycles. The van der Waals surface area contributed by atoms with Crippen molar-refractivity contribution in [1.82, 2.24) is 0 Å². The van der Waals surface area contributed by atoms with E-state index in [2.05, 4.69) is 4.74 Å². The fraction of sp³-hybridized carbons (Fsp3) is 0.167. The normalized spacial score (nSPS) is 10.7. The van der Waals surface area contributed by atoms with Crippen molar-refractivity contribution in [1.29, 1.82) is 0 Å². The maximum atomic E-state index is 11.2. The average Bonchev–Trinajstić information content (AvgIpc) is 2.58. The monoisotopic (exact) mass is 366 g/mol. The molecule has 2 aromatic carbocycles. The zero-order valence-electron chi connectivity index (χ0n) is 13.2. The zero-order valence-corrected chi connectivity index (χ0v) is 14.7. The topological polar surface area (TPSA) is 44.8 Å². The molecule has 2 rings (SSSR count). The van der Waals surface area contributed by atoms with Gasteiger partial charge in [0.2, 0.25) is 0 Å². The van der Waals surface area contributed by atoms with E-state index in [4.69, 9.17) is 32.7 Å². The van der Waals surface area contributed by atoms with E-state index in [-0.39, 0.29) is 6.61 Å². The third-order valence-corrected chi connectivity index (χ3v) is 3.79. The number of carbonyl (C=O) groups is 1. The Morgan fingerprint density at radius 3 is 2.54 bits per heavy atom. The number of halogens is 2. The molecule has 6 heteroatoms. The molecule has 0 radical (unpaired) electrons. The molecule has 0 amide bonds. The fourth-order valence-electron chi connectivity index (χ4n) is 1.94. The minimum absolute atomic E-state index is 0.260. The van der Waals surface area contributed by atoms with Crippen LogP contribution in [0, 0.1) is 0 Å². The van der Waals surface area contributed by atoms with E-state index in [1.807, 2.05) is 0 Å². The summed E-state index contributed by atoms with van der Waals surface area (Å²) in [5.41, 5.74) is 1.58. The maximum Gasteiger partial charge on any atom is 0.330 e. The molecule has 0 fully saturated rings. The molecule has 0 atom stereocenters. The Labute approximate surface area is 150 Å². The number of rotatable bonds is 6. The molecule has 0 aliphatic heterocycles. The summed E-state index contributed by atoms with van der Waals surface area (Å²) in [5, 5.41) is 1.10. The van der Waals surface area contributed by atoms with Crippen LogP contribution in [0.5, 0.6) is 11.5 Å². The predicted octanol–water partition coefficient (Wildman–Crippen LogP) is 4.77. The Morgan fingerprint density at radius 1 is 1.08 bits per heavy atom. The molecule has 0 N–H and O–H groups in total. The minimum atomic E-state index is -0.429. The second kappa shape index (κ2) is 8.62. The molecule has 4 nitrogen and oxygen atoms in total. The van der Waals surface area contributed by atoms with Gasteiger partial charge in [0.1, 0.15) is 6.61 Å². The van der Waals surface area contributed by atoms with E-state index in [0.717, 1.165) is 11.1 Å². The van der Waals surface area contributed by atoms with Gasteiger partial charge in [-0.3, -0.25) is 0 Å². The number of esters is 1. The van der Waals surface area contributed by atoms with Crippen molar-refractivity contribution >= 4 is 35.2 Å². The molecule has 24 heavy (non-hydrogen) atoms. The van der Waals surface area contributed by atoms with Gasteiger partial charge in [0, 0.05) is 21.7 Å². The molecule has 0 aliphatic rings. The number of methoxy groups -OCH3 is 2. The lowest BCUT2D eigenvalue weighted by Crippen LogP contribution is -1.99. The molecular weight excluding hydrogens is 351 g/mol. The Hall–Kier alpha value is -2.17. The smallest absolute Gasteiger partial charge is 0.330 e. The number of benzene rings is 2. The summed E-state index contributed by atoms with van der Waals surface area (Å²) in [6.45, 7) is 0.260. The van der Waals surface area contributed by atoms with Crippen LogP contribution in [0.3, 0.4) is 0 Å². The molecule has 0 bridgehead atoms. The van der Waals surface area contributed by atoms with E-state index in [1.54, 1.807) is 49.6 Å². The largest absolute Gasteiger partial charge is 0.493 e. The van der Waals surface area contributed by atoms with Gasteiger partial charge in [-0.25, -0.2) is 4.79 Å². The molecule has 0 saturated carbocycles. The Kier molecular flexibility index (Phi) is 6.53. The van der Waals surface area contributed by atoms with Crippen molar-refractivity contribution < 1.29 is 19.0 Å². The quantitative estimate of drug-likeness (QED) is 0.545. The molecular formula is C18H16Cl2O4.